The summed E-state index contributed by atoms with van der Waals surface area (Å²) in [5.74, 6) is -1.57. The highest BCUT2D eigenvalue weighted by atomic mass is 16.7. The second-order valence-electron chi connectivity index (χ2n) is 3.91. The second kappa shape index (κ2) is 10.3. The molecule has 0 radical (unpaired) electrons. The maximum atomic E-state index is 11.4. The minimum absolute atomic E-state index is 0.0487. The Bertz CT molecular complexity index is 400. The van der Waals surface area contributed by atoms with Gasteiger partial charge in [0, 0.05) is 19.5 Å². The third-order valence-electron chi connectivity index (χ3n) is 2.27. The Kier molecular flexibility index (Phi) is 9.12. The first kappa shape index (κ1) is 18.5. The van der Waals surface area contributed by atoms with Crippen molar-refractivity contribution in [2.75, 3.05) is 13.1 Å². The molecule has 0 bridgehead atoms. The van der Waals surface area contributed by atoms with E-state index in [1.165, 1.54) is 5.48 Å². The maximum absolute atomic E-state index is 11.4. The molecule has 0 aromatic rings. The highest BCUT2D eigenvalue weighted by Crippen LogP contribution is 1.99. The van der Waals surface area contributed by atoms with Crippen molar-refractivity contribution in [2.24, 2.45) is 16.5 Å². The van der Waals surface area contributed by atoms with Crippen molar-refractivity contribution >= 4 is 17.8 Å². The van der Waals surface area contributed by atoms with Crippen LogP contribution in [0.2, 0.25) is 0 Å². The van der Waals surface area contributed by atoms with Crippen LogP contribution in [0.15, 0.2) is 4.99 Å². The number of hydrogen-bond donors (Lipinski definition) is 6. The number of hydroxylamine groups is 1. The van der Waals surface area contributed by atoms with Crippen molar-refractivity contribution in [3.05, 3.63) is 10.1 Å². The maximum Gasteiger partial charge on any atom is 0.265 e. The highest BCUT2D eigenvalue weighted by Gasteiger charge is 2.19. The molecule has 2 amide bonds. The van der Waals surface area contributed by atoms with E-state index in [1.54, 1.807) is 5.43 Å². The van der Waals surface area contributed by atoms with Crippen LogP contribution in [-0.4, -0.2) is 47.1 Å². The number of carbonyl (C=O) groups is 2. The lowest BCUT2D eigenvalue weighted by Gasteiger charge is -2.16. The molecule has 0 heterocycles. The molecule has 120 valence electrons. The van der Waals surface area contributed by atoms with Gasteiger partial charge >= 0.3 is 0 Å². The Labute approximate surface area is 120 Å². The molecule has 0 aliphatic carbocycles. The first-order valence-electron chi connectivity index (χ1n) is 6.05. The molecule has 0 saturated carbocycles. The van der Waals surface area contributed by atoms with Gasteiger partial charge in [0.2, 0.25) is 5.91 Å². The summed E-state index contributed by atoms with van der Waals surface area (Å²) in [6.07, 6.45) is 0.520. The standard InChI is InChI=1S/C9H19N7O5/c10-4-3-7(17)13-6(8(18)15-19)2-1-5-12-9(11)14-16(20)21/h6,19H,1-5,10H2,(H,13,17)(H,15,18)(H3,11,12,14)/t6-/m0/s1. The molecule has 0 spiro atoms. The van der Waals surface area contributed by atoms with E-state index in [-0.39, 0.29) is 31.9 Å². The van der Waals surface area contributed by atoms with Gasteiger partial charge in [0.1, 0.15) is 6.04 Å². The number of hydrazine groups is 1. The third-order valence-corrected chi connectivity index (χ3v) is 2.27. The third kappa shape index (κ3) is 9.12. The van der Waals surface area contributed by atoms with Gasteiger partial charge in [-0.2, -0.15) is 0 Å². The Balaban J connectivity index is 4.27. The lowest BCUT2D eigenvalue weighted by molar-refractivity contribution is -0.525. The smallest absolute Gasteiger partial charge is 0.265 e. The Morgan fingerprint density at radius 3 is 2.62 bits per heavy atom. The minimum Gasteiger partial charge on any atom is -0.365 e. The Morgan fingerprint density at radius 2 is 2.10 bits per heavy atom. The molecule has 12 heteroatoms. The number of guanidine groups is 1. The van der Waals surface area contributed by atoms with E-state index < -0.39 is 22.9 Å². The Hall–Kier alpha value is -2.47. The van der Waals surface area contributed by atoms with E-state index in [2.05, 4.69) is 10.3 Å². The predicted molar refractivity (Wildman–Crippen MR) is 71.4 cm³/mol. The molecule has 8 N–H and O–H groups in total. The van der Waals surface area contributed by atoms with Gasteiger partial charge < -0.3 is 16.8 Å². The predicted octanol–water partition coefficient (Wildman–Crippen LogP) is -2.80. The summed E-state index contributed by atoms with van der Waals surface area (Å²) in [4.78, 5) is 36.4. The summed E-state index contributed by atoms with van der Waals surface area (Å²) < 4.78 is 0. The minimum atomic E-state index is -0.950. The van der Waals surface area contributed by atoms with E-state index in [0.717, 1.165) is 0 Å². The molecular weight excluding hydrogens is 286 g/mol. The van der Waals surface area contributed by atoms with Crippen LogP contribution < -0.4 is 27.7 Å². The number of nitrogens with two attached hydrogens (primary N) is 2. The van der Waals surface area contributed by atoms with E-state index in [1.807, 2.05) is 0 Å². The molecule has 0 aliphatic rings. The lowest BCUT2D eigenvalue weighted by atomic mass is 10.1. The number of nitrogens with one attached hydrogen (secondary N) is 3. The quantitative estimate of drug-likeness (QED) is 0.0655. The van der Waals surface area contributed by atoms with Gasteiger partial charge in [-0.1, -0.05) is 5.43 Å². The molecular formula is C9H19N7O5. The van der Waals surface area contributed by atoms with E-state index in [9.17, 15) is 19.7 Å². The first-order chi connectivity index (χ1) is 9.90. The zero-order valence-corrected chi connectivity index (χ0v) is 11.2. The summed E-state index contributed by atoms with van der Waals surface area (Å²) in [6.45, 7) is 0.237. The van der Waals surface area contributed by atoms with Crippen molar-refractivity contribution in [1.29, 1.82) is 0 Å². The summed E-state index contributed by atoms with van der Waals surface area (Å²) in [5.41, 5.74) is 13.5. The number of amides is 2. The van der Waals surface area contributed by atoms with Crippen molar-refractivity contribution in [2.45, 2.75) is 25.3 Å². The van der Waals surface area contributed by atoms with Crippen LogP contribution in [0.25, 0.3) is 0 Å². The van der Waals surface area contributed by atoms with Gasteiger partial charge in [-0.15, -0.1) is 0 Å². The van der Waals surface area contributed by atoms with Gasteiger partial charge in [0.25, 0.3) is 11.9 Å². The molecule has 0 saturated heterocycles. The lowest BCUT2D eigenvalue weighted by Crippen LogP contribution is -2.46. The van der Waals surface area contributed by atoms with Crippen LogP contribution in [0.3, 0.4) is 0 Å². The first-order valence-corrected chi connectivity index (χ1v) is 6.05. The van der Waals surface area contributed by atoms with E-state index in [4.69, 9.17) is 16.7 Å². The zero-order valence-electron chi connectivity index (χ0n) is 11.2. The molecule has 0 rings (SSSR count). The number of nitro groups is 1. The molecule has 0 aromatic carbocycles. The van der Waals surface area contributed by atoms with Gasteiger partial charge in [-0.05, 0) is 12.8 Å². The number of hydrogen-bond acceptors (Lipinski definition) is 7. The Morgan fingerprint density at radius 1 is 1.43 bits per heavy atom. The summed E-state index contributed by atoms with van der Waals surface area (Å²) >= 11 is 0. The summed E-state index contributed by atoms with van der Waals surface area (Å²) in [5, 5.41) is 20.2. The molecule has 12 nitrogen and oxygen atoms in total. The number of aliphatic imine (C=N–C) groups is 1. The van der Waals surface area contributed by atoms with Crippen LogP contribution in [0.5, 0.6) is 0 Å². The SMILES string of the molecule is NCCC(=O)N[C@@H](CCCN=C(N)N[N+](=O)[O-])C(=O)NO. The molecule has 21 heavy (non-hydrogen) atoms. The van der Waals surface area contributed by atoms with Crippen LogP contribution >= 0.6 is 0 Å². The van der Waals surface area contributed by atoms with Gasteiger partial charge in [-0.25, -0.2) is 20.6 Å². The van der Waals surface area contributed by atoms with Crippen LogP contribution in [0.1, 0.15) is 19.3 Å². The average Bonchev–Trinajstić information content (AvgIpc) is 2.40. The topological polar surface area (TPSA) is 198 Å². The van der Waals surface area contributed by atoms with Crippen molar-refractivity contribution in [3.63, 3.8) is 0 Å². The molecule has 0 unspecified atom stereocenters. The molecule has 0 fully saturated rings. The second-order valence-corrected chi connectivity index (χ2v) is 3.91. The summed E-state index contributed by atoms with van der Waals surface area (Å²) in [6, 6.07) is -0.950. The summed E-state index contributed by atoms with van der Waals surface area (Å²) in [7, 11) is 0. The van der Waals surface area contributed by atoms with E-state index in [0.29, 0.717) is 6.42 Å². The van der Waals surface area contributed by atoms with Gasteiger partial charge in [0.15, 0.2) is 5.03 Å². The van der Waals surface area contributed by atoms with Gasteiger partial charge in [0.05, 0.1) is 0 Å². The molecule has 0 aliphatic heterocycles. The van der Waals surface area contributed by atoms with Crippen molar-refractivity contribution in [3.8, 4) is 0 Å². The largest absolute Gasteiger partial charge is 0.365 e. The number of rotatable bonds is 9. The monoisotopic (exact) mass is 305 g/mol. The zero-order chi connectivity index (χ0) is 16.3. The fraction of sp³-hybridized carbons (Fsp3) is 0.667. The fourth-order valence-electron chi connectivity index (χ4n) is 1.37. The number of nitrogens with zero attached hydrogens (tertiary/aromatic N) is 2. The fourth-order valence-corrected chi connectivity index (χ4v) is 1.37. The molecule has 0 aromatic heterocycles. The van der Waals surface area contributed by atoms with Crippen molar-refractivity contribution in [1.82, 2.24) is 16.2 Å². The van der Waals surface area contributed by atoms with Crippen molar-refractivity contribution < 1.29 is 19.8 Å². The van der Waals surface area contributed by atoms with Crippen LogP contribution in [0, 0.1) is 10.1 Å². The molecule has 1 atom stereocenters. The van der Waals surface area contributed by atoms with E-state index >= 15 is 0 Å². The average molecular weight is 305 g/mol. The highest BCUT2D eigenvalue weighted by molar-refractivity contribution is 5.86. The van der Waals surface area contributed by atoms with Crippen LogP contribution in [0.4, 0.5) is 0 Å². The van der Waals surface area contributed by atoms with Gasteiger partial charge in [-0.3, -0.25) is 14.8 Å². The number of carbonyl (C=O) groups excluding carboxylic acids is 2. The normalized spacial score (nSPS) is 12.4. The van der Waals surface area contributed by atoms with Crippen LogP contribution in [-0.2, 0) is 9.59 Å².